The van der Waals surface area contributed by atoms with Gasteiger partial charge in [-0.25, -0.2) is 0 Å². The first-order valence-electron chi connectivity index (χ1n) is 31.0. The molecule has 0 amide bonds. The first kappa shape index (κ1) is 48.2. The van der Waals surface area contributed by atoms with Crippen LogP contribution in [0.5, 0.6) is 0 Å². The maximum atomic E-state index is 2.53. The Balaban J connectivity index is 0.709. The summed E-state index contributed by atoms with van der Waals surface area (Å²) < 4.78 is 9.93. The summed E-state index contributed by atoms with van der Waals surface area (Å²) in [5, 5.41) is 10.2. The van der Waals surface area contributed by atoms with Crippen molar-refractivity contribution in [3.63, 3.8) is 0 Å². The highest BCUT2D eigenvalue weighted by Gasteiger charge is 2.58. The van der Waals surface area contributed by atoms with Crippen LogP contribution in [0.2, 0.25) is 0 Å². The van der Waals surface area contributed by atoms with E-state index in [1.165, 1.54) is 159 Å². The second kappa shape index (κ2) is 18.2. The third-order valence-electron chi connectivity index (χ3n) is 20.9. The number of nitrogens with zero attached hydrogens (tertiary/aromatic N) is 4. The van der Waals surface area contributed by atoms with Crippen LogP contribution in [0.15, 0.2) is 279 Å². The third-order valence-corrected chi connectivity index (χ3v) is 20.9. The van der Waals surface area contributed by atoms with Gasteiger partial charge < -0.3 is 18.3 Å². The fourth-order valence-corrected chi connectivity index (χ4v) is 17.8. The molecule has 4 nitrogen and oxygen atoms in total. The highest BCUT2D eigenvalue weighted by atomic mass is 15.0. The SMILES string of the molecule is c1ccc2c(c1)c1ccccc1n2-c1cc(-c2ccc(C34CC5CC(C3)CC(c3ccc(-c6cc(-n7c8ccccc8c8ccccc87)cc(-n7c8ccccc8c8ccccc87)c6)cc3)(C5)C4)cc2)cc(-n2c3ccccc3c3ccccc32)c1. The van der Waals surface area contributed by atoms with E-state index in [2.05, 4.69) is 297 Å². The summed E-state index contributed by atoms with van der Waals surface area (Å²) >= 11 is 0. The van der Waals surface area contributed by atoms with Crippen LogP contribution in [-0.4, -0.2) is 18.3 Å². The molecule has 16 aromatic rings. The standard InChI is InChI=1S/C82H60N4/c1-9-25-73-65(17-1)66-18-2-10-26-74(66)83(73)61-42-57(43-62(46-61)84-75-27-11-3-19-67(75)68-20-4-12-28-76(68)84)55-33-37-59(38-34-55)81-48-53-41-54(49-81)51-82(50-53,52-81)60-39-35-56(36-40-60)58-44-63(85-77-29-13-5-21-69(77)70-22-6-14-30-78(70)85)47-64(45-58)86-79-31-15-7-23-71(79)72-24-8-16-32-80(72)86/h1-40,42-47,53-54H,41,48-52H2. The molecule has 20 rings (SSSR count). The van der Waals surface area contributed by atoms with Crippen molar-refractivity contribution >= 4 is 87.2 Å². The summed E-state index contributed by atoms with van der Waals surface area (Å²) in [7, 11) is 0. The number of fused-ring (bicyclic) bond motifs is 12. The van der Waals surface area contributed by atoms with Crippen molar-refractivity contribution in [3.05, 3.63) is 290 Å². The van der Waals surface area contributed by atoms with Crippen LogP contribution in [0.1, 0.15) is 49.7 Å². The van der Waals surface area contributed by atoms with Crippen molar-refractivity contribution in [2.24, 2.45) is 11.8 Å². The van der Waals surface area contributed by atoms with E-state index >= 15 is 0 Å². The van der Waals surface area contributed by atoms with Crippen molar-refractivity contribution in [2.75, 3.05) is 0 Å². The molecule has 4 aliphatic carbocycles. The van der Waals surface area contributed by atoms with Crippen LogP contribution in [0, 0.1) is 11.8 Å². The number of aromatic nitrogens is 4. The Morgan fingerprint density at radius 1 is 0.233 bits per heavy atom. The first-order valence-corrected chi connectivity index (χ1v) is 31.0. The number of para-hydroxylation sites is 8. The van der Waals surface area contributed by atoms with Gasteiger partial charge in [0, 0.05) is 65.8 Å². The second-order valence-corrected chi connectivity index (χ2v) is 25.6. The number of hydrogen-bond donors (Lipinski definition) is 0. The van der Waals surface area contributed by atoms with Gasteiger partial charge in [-0.3, -0.25) is 0 Å². The van der Waals surface area contributed by atoms with Crippen LogP contribution >= 0.6 is 0 Å². The summed E-state index contributed by atoms with van der Waals surface area (Å²) in [5.74, 6) is 1.45. The minimum atomic E-state index is 0.147. The molecule has 4 aromatic heterocycles. The van der Waals surface area contributed by atoms with E-state index in [-0.39, 0.29) is 10.8 Å². The van der Waals surface area contributed by atoms with Crippen molar-refractivity contribution in [1.82, 2.24) is 18.3 Å². The molecule has 4 heteroatoms. The quantitative estimate of drug-likeness (QED) is 0.145. The highest BCUT2D eigenvalue weighted by molar-refractivity contribution is 6.13. The number of hydrogen-bond acceptors (Lipinski definition) is 0. The molecule has 0 atom stereocenters. The minimum absolute atomic E-state index is 0.147. The zero-order chi connectivity index (χ0) is 56.2. The predicted molar refractivity (Wildman–Crippen MR) is 359 cm³/mol. The van der Waals surface area contributed by atoms with Gasteiger partial charge >= 0.3 is 0 Å². The summed E-state index contributed by atoms with van der Waals surface area (Å²) in [6.07, 6.45) is 7.70. The molecule has 0 radical (unpaired) electrons. The fraction of sp³-hybridized carbons (Fsp3) is 0.122. The van der Waals surface area contributed by atoms with Crippen LogP contribution in [-0.2, 0) is 10.8 Å². The van der Waals surface area contributed by atoms with Gasteiger partial charge in [-0.05, 0) is 180 Å². The van der Waals surface area contributed by atoms with E-state index in [0.717, 1.165) is 34.6 Å². The third kappa shape index (κ3) is 7.04. The highest BCUT2D eigenvalue weighted by Crippen LogP contribution is 2.66. The molecule has 0 unspecified atom stereocenters. The summed E-state index contributed by atoms with van der Waals surface area (Å²) in [6.45, 7) is 0. The molecular weight excluding hydrogens is 1040 g/mol. The molecule has 408 valence electrons. The molecule has 0 saturated heterocycles. The summed E-state index contributed by atoms with van der Waals surface area (Å²) in [4.78, 5) is 0. The lowest BCUT2D eigenvalue weighted by molar-refractivity contribution is -0.0281. The zero-order valence-corrected chi connectivity index (χ0v) is 47.7. The largest absolute Gasteiger partial charge is 0.309 e. The molecule has 4 aliphatic rings. The average Bonchev–Trinajstić information content (AvgIpc) is 1.27. The van der Waals surface area contributed by atoms with E-state index in [1.54, 1.807) is 0 Å². The van der Waals surface area contributed by atoms with Gasteiger partial charge in [-0.1, -0.05) is 194 Å². The Morgan fingerprint density at radius 2 is 0.453 bits per heavy atom. The molecule has 0 aliphatic heterocycles. The molecule has 4 saturated carbocycles. The van der Waals surface area contributed by atoms with Gasteiger partial charge in [0.1, 0.15) is 0 Å². The van der Waals surface area contributed by atoms with Crippen LogP contribution in [0.4, 0.5) is 0 Å². The van der Waals surface area contributed by atoms with E-state index < -0.39 is 0 Å². The maximum absolute atomic E-state index is 2.53. The molecule has 12 aromatic carbocycles. The van der Waals surface area contributed by atoms with Gasteiger partial charge in [-0.15, -0.1) is 0 Å². The molecule has 0 N–H and O–H groups in total. The Kier molecular flexibility index (Phi) is 10.2. The molecule has 0 spiro atoms. The van der Waals surface area contributed by atoms with Gasteiger partial charge in [-0.2, -0.15) is 0 Å². The van der Waals surface area contributed by atoms with Gasteiger partial charge in [0.2, 0.25) is 0 Å². The van der Waals surface area contributed by atoms with Gasteiger partial charge in [0.25, 0.3) is 0 Å². The zero-order valence-electron chi connectivity index (χ0n) is 47.7. The smallest absolute Gasteiger partial charge is 0.0541 e. The van der Waals surface area contributed by atoms with Gasteiger partial charge in [0.15, 0.2) is 0 Å². The topological polar surface area (TPSA) is 19.7 Å². The first-order chi connectivity index (χ1) is 42.5. The number of benzene rings is 12. The van der Waals surface area contributed by atoms with Crippen LogP contribution in [0.25, 0.3) is 132 Å². The van der Waals surface area contributed by atoms with Crippen molar-refractivity contribution in [3.8, 4) is 45.0 Å². The normalized spacial score (nSPS) is 19.2. The Bertz CT molecular complexity index is 4620. The van der Waals surface area contributed by atoms with Crippen molar-refractivity contribution in [1.29, 1.82) is 0 Å². The second-order valence-electron chi connectivity index (χ2n) is 25.6. The minimum Gasteiger partial charge on any atom is -0.309 e. The maximum Gasteiger partial charge on any atom is 0.0541 e. The van der Waals surface area contributed by atoms with E-state index in [1.807, 2.05) is 0 Å². The van der Waals surface area contributed by atoms with Crippen LogP contribution in [0.3, 0.4) is 0 Å². The molecule has 4 heterocycles. The van der Waals surface area contributed by atoms with E-state index in [0.29, 0.717) is 0 Å². The van der Waals surface area contributed by atoms with Crippen molar-refractivity contribution < 1.29 is 0 Å². The lowest BCUT2D eigenvalue weighted by Gasteiger charge is -2.63. The van der Waals surface area contributed by atoms with Crippen molar-refractivity contribution in [2.45, 2.75) is 49.4 Å². The molecule has 4 fully saturated rings. The monoisotopic (exact) mass is 1100 g/mol. The average molecular weight is 1100 g/mol. The summed E-state index contributed by atoms with van der Waals surface area (Å²) in [6, 6.07) is 106. The Labute approximate surface area is 499 Å². The molecule has 4 bridgehead atoms. The van der Waals surface area contributed by atoms with Gasteiger partial charge in [0.05, 0.1) is 44.1 Å². The summed E-state index contributed by atoms with van der Waals surface area (Å²) in [5.41, 5.74) is 22.7. The predicted octanol–water partition coefficient (Wildman–Crippen LogP) is 21.2. The number of rotatable bonds is 8. The Hall–Kier alpha value is -10.2. The van der Waals surface area contributed by atoms with E-state index in [9.17, 15) is 0 Å². The van der Waals surface area contributed by atoms with E-state index in [4.69, 9.17) is 0 Å². The molecule has 86 heavy (non-hydrogen) atoms. The lowest BCUT2D eigenvalue weighted by Crippen LogP contribution is -2.55. The lowest BCUT2D eigenvalue weighted by atomic mass is 9.41. The van der Waals surface area contributed by atoms with Crippen LogP contribution < -0.4 is 0 Å². The fourth-order valence-electron chi connectivity index (χ4n) is 17.8. The molecular formula is C82H60N4. The Morgan fingerprint density at radius 3 is 0.686 bits per heavy atom.